The van der Waals surface area contributed by atoms with Gasteiger partial charge in [0.1, 0.15) is 5.75 Å². The smallest absolute Gasteiger partial charge is 0.330 e. The van der Waals surface area contributed by atoms with Crippen LogP contribution in [0, 0.1) is 0 Å². The van der Waals surface area contributed by atoms with E-state index in [1.165, 1.54) is 37.2 Å². The summed E-state index contributed by atoms with van der Waals surface area (Å²) in [5.41, 5.74) is 3.56. The molecule has 26 heavy (non-hydrogen) atoms. The van der Waals surface area contributed by atoms with Gasteiger partial charge in [0.25, 0.3) is 0 Å². The van der Waals surface area contributed by atoms with Crippen molar-refractivity contribution in [1.82, 2.24) is 4.90 Å². The first kappa shape index (κ1) is 18.2. The summed E-state index contributed by atoms with van der Waals surface area (Å²) in [6.07, 6.45) is 6.58. The zero-order chi connectivity index (χ0) is 18.4. The summed E-state index contributed by atoms with van der Waals surface area (Å²) in [5.74, 6) is -0.0283. The Morgan fingerprint density at radius 1 is 1.19 bits per heavy atom. The maximum absolute atomic E-state index is 11.2. The molecule has 0 unspecified atom stereocenters. The highest BCUT2D eigenvalue weighted by molar-refractivity contribution is 5.86. The SMILES string of the molecule is COC(=O)/C=C/c1ccc([C@@H]2CCCN2CCc2ccc(O)cc2)cc1. The van der Waals surface area contributed by atoms with Crippen molar-refractivity contribution in [2.75, 3.05) is 20.2 Å². The van der Waals surface area contributed by atoms with Crippen LogP contribution in [0.3, 0.4) is 0 Å². The van der Waals surface area contributed by atoms with Crippen molar-refractivity contribution in [2.45, 2.75) is 25.3 Å². The van der Waals surface area contributed by atoms with Gasteiger partial charge in [0.05, 0.1) is 7.11 Å². The summed E-state index contributed by atoms with van der Waals surface area (Å²) in [4.78, 5) is 13.7. The molecule has 4 heteroatoms. The first-order chi connectivity index (χ1) is 12.7. The Kier molecular flexibility index (Phi) is 6.08. The predicted octanol–water partition coefficient (Wildman–Crippen LogP) is 3.96. The number of hydrogen-bond acceptors (Lipinski definition) is 4. The number of carbonyl (C=O) groups is 1. The van der Waals surface area contributed by atoms with Crippen molar-refractivity contribution in [3.8, 4) is 5.75 Å². The predicted molar refractivity (Wildman–Crippen MR) is 103 cm³/mol. The number of benzene rings is 2. The van der Waals surface area contributed by atoms with Gasteiger partial charge in [-0.15, -0.1) is 0 Å². The quantitative estimate of drug-likeness (QED) is 0.632. The third-order valence-corrected chi connectivity index (χ3v) is 4.92. The lowest BCUT2D eigenvalue weighted by Crippen LogP contribution is -2.25. The number of nitrogens with zero attached hydrogens (tertiary/aromatic N) is 1. The molecule has 1 saturated heterocycles. The molecule has 4 nitrogen and oxygen atoms in total. The van der Waals surface area contributed by atoms with Crippen LogP contribution in [0.25, 0.3) is 6.08 Å². The van der Waals surface area contributed by atoms with Gasteiger partial charge >= 0.3 is 5.97 Å². The number of phenols is 1. The second-order valence-electron chi connectivity index (χ2n) is 6.63. The molecule has 0 bridgehead atoms. The van der Waals surface area contributed by atoms with Crippen molar-refractivity contribution < 1.29 is 14.6 Å². The minimum absolute atomic E-state index is 0.314. The standard InChI is InChI=1S/C22H25NO3/c1-26-22(25)13-8-17-4-9-19(10-5-17)21-3-2-15-23(21)16-14-18-6-11-20(24)12-7-18/h4-13,21,24H,2-3,14-16H2,1H3/b13-8+/t21-/m0/s1. The molecule has 1 atom stereocenters. The van der Waals surface area contributed by atoms with Gasteiger partial charge in [0, 0.05) is 18.7 Å². The Morgan fingerprint density at radius 3 is 2.62 bits per heavy atom. The van der Waals surface area contributed by atoms with E-state index < -0.39 is 0 Å². The monoisotopic (exact) mass is 351 g/mol. The van der Waals surface area contributed by atoms with Crippen LogP contribution in [0.5, 0.6) is 5.75 Å². The van der Waals surface area contributed by atoms with Gasteiger partial charge in [0.2, 0.25) is 0 Å². The number of likely N-dealkylation sites (tertiary alicyclic amines) is 1. The fourth-order valence-electron chi connectivity index (χ4n) is 3.47. The summed E-state index contributed by atoms with van der Waals surface area (Å²) in [6, 6.07) is 16.3. The number of rotatable bonds is 6. The summed E-state index contributed by atoms with van der Waals surface area (Å²) in [7, 11) is 1.38. The number of aromatic hydroxyl groups is 1. The molecule has 2 aromatic rings. The molecule has 1 aliphatic rings. The lowest BCUT2D eigenvalue weighted by atomic mass is 10.0. The Labute approximate surface area is 154 Å². The van der Waals surface area contributed by atoms with E-state index >= 15 is 0 Å². The van der Waals surface area contributed by atoms with Crippen LogP contribution in [0.2, 0.25) is 0 Å². The molecule has 1 heterocycles. The van der Waals surface area contributed by atoms with Gasteiger partial charge < -0.3 is 9.84 Å². The van der Waals surface area contributed by atoms with Crippen LogP contribution in [-0.2, 0) is 16.0 Å². The number of ether oxygens (including phenoxy) is 1. The molecular formula is C22H25NO3. The maximum atomic E-state index is 11.2. The van der Waals surface area contributed by atoms with E-state index in [-0.39, 0.29) is 5.97 Å². The number of carbonyl (C=O) groups excluding carboxylic acids is 1. The highest BCUT2D eigenvalue weighted by Gasteiger charge is 2.25. The van der Waals surface area contributed by atoms with Crippen LogP contribution in [0.15, 0.2) is 54.6 Å². The average Bonchev–Trinajstić information content (AvgIpc) is 3.14. The van der Waals surface area contributed by atoms with E-state index in [9.17, 15) is 9.90 Å². The molecule has 2 aromatic carbocycles. The first-order valence-corrected chi connectivity index (χ1v) is 9.03. The molecule has 0 aromatic heterocycles. The van der Waals surface area contributed by atoms with Crippen LogP contribution < -0.4 is 0 Å². The average molecular weight is 351 g/mol. The summed E-state index contributed by atoms with van der Waals surface area (Å²) in [5, 5.41) is 9.39. The molecule has 1 fully saturated rings. The van der Waals surface area contributed by atoms with E-state index in [4.69, 9.17) is 0 Å². The zero-order valence-corrected chi connectivity index (χ0v) is 15.1. The number of esters is 1. The molecule has 3 rings (SSSR count). The third kappa shape index (κ3) is 4.73. The third-order valence-electron chi connectivity index (χ3n) is 4.92. The molecule has 0 radical (unpaired) electrons. The Bertz CT molecular complexity index is 750. The highest BCUT2D eigenvalue weighted by Crippen LogP contribution is 2.32. The van der Waals surface area contributed by atoms with E-state index in [0.29, 0.717) is 11.8 Å². The lowest BCUT2D eigenvalue weighted by Gasteiger charge is -2.25. The number of hydrogen-bond donors (Lipinski definition) is 1. The normalized spacial score (nSPS) is 17.7. The Hall–Kier alpha value is -2.59. The van der Waals surface area contributed by atoms with Crippen LogP contribution >= 0.6 is 0 Å². The molecular weight excluding hydrogens is 326 g/mol. The van der Waals surface area contributed by atoms with Crippen molar-refractivity contribution in [2.24, 2.45) is 0 Å². The largest absolute Gasteiger partial charge is 0.508 e. The Balaban J connectivity index is 1.61. The van der Waals surface area contributed by atoms with Crippen LogP contribution in [-0.4, -0.2) is 36.2 Å². The minimum Gasteiger partial charge on any atom is -0.508 e. The topological polar surface area (TPSA) is 49.8 Å². The van der Waals surface area contributed by atoms with Gasteiger partial charge in [-0.3, -0.25) is 4.90 Å². The summed E-state index contributed by atoms with van der Waals surface area (Å²) >= 11 is 0. The van der Waals surface area contributed by atoms with Crippen LogP contribution in [0.1, 0.15) is 35.6 Å². The fourth-order valence-corrected chi connectivity index (χ4v) is 3.47. The second kappa shape index (κ2) is 8.68. The molecule has 0 spiro atoms. The van der Waals surface area contributed by atoms with Crippen molar-refractivity contribution in [1.29, 1.82) is 0 Å². The van der Waals surface area contributed by atoms with E-state index in [1.807, 2.05) is 24.3 Å². The molecule has 1 N–H and O–H groups in total. The van der Waals surface area contributed by atoms with Gasteiger partial charge in [-0.05, 0) is 60.7 Å². The lowest BCUT2D eigenvalue weighted by molar-refractivity contribution is -0.134. The Morgan fingerprint density at radius 2 is 1.92 bits per heavy atom. The van der Waals surface area contributed by atoms with Crippen molar-refractivity contribution in [3.05, 3.63) is 71.3 Å². The van der Waals surface area contributed by atoms with Crippen molar-refractivity contribution >= 4 is 12.0 Å². The molecule has 0 amide bonds. The number of methoxy groups -OCH3 is 1. The molecule has 136 valence electrons. The van der Waals surface area contributed by atoms with E-state index in [0.717, 1.165) is 25.1 Å². The van der Waals surface area contributed by atoms with Gasteiger partial charge in [0.15, 0.2) is 0 Å². The summed E-state index contributed by atoms with van der Waals surface area (Å²) < 4.78 is 4.61. The van der Waals surface area contributed by atoms with Gasteiger partial charge in [-0.25, -0.2) is 4.79 Å². The molecule has 0 aliphatic carbocycles. The molecule has 1 aliphatic heterocycles. The van der Waals surface area contributed by atoms with E-state index in [2.05, 4.69) is 21.8 Å². The maximum Gasteiger partial charge on any atom is 0.330 e. The summed E-state index contributed by atoms with van der Waals surface area (Å²) in [6.45, 7) is 2.13. The van der Waals surface area contributed by atoms with E-state index in [1.54, 1.807) is 18.2 Å². The number of phenolic OH excluding ortho intramolecular Hbond substituents is 1. The van der Waals surface area contributed by atoms with Crippen molar-refractivity contribution in [3.63, 3.8) is 0 Å². The van der Waals surface area contributed by atoms with Gasteiger partial charge in [-0.1, -0.05) is 36.4 Å². The highest BCUT2D eigenvalue weighted by atomic mass is 16.5. The first-order valence-electron chi connectivity index (χ1n) is 9.03. The molecule has 0 saturated carbocycles. The zero-order valence-electron chi connectivity index (χ0n) is 15.1. The fraction of sp³-hybridized carbons (Fsp3) is 0.318. The van der Waals surface area contributed by atoms with Crippen LogP contribution in [0.4, 0.5) is 0 Å². The minimum atomic E-state index is -0.342. The second-order valence-corrected chi connectivity index (χ2v) is 6.63. The van der Waals surface area contributed by atoms with Gasteiger partial charge in [-0.2, -0.15) is 0 Å².